The second kappa shape index (κ2) is 6.79. The summed E-state index contributed by atoms with van der Waals surface area (Å²) >= 11 is 0. The number of hydrogen-bond acceptors (Lipinski definition) is 5. The third kappa shape index (κ3) is 3.57. The van der Waals surface area contributed by atoms with Gasteiger partial charge in [-0.1, -0.05) is 30.3 Å². The van der Waals surface area contributed by atoms with Gasteiger partial charge in [0.2, 0.25) is 0 Å². The van der Waals surface area contributed by atoms with E-state index in [9.17, 15) is 9.59 Å². The molecule has 1 saturated heterocycles. The van der Waals surface area contributed by atoms with Gasteiger partial charge in [-0.15, -0.1) is 0 Å². The van der Waals surface area contributed by atoms with E-state index in [4.69, 9.17) is 15.2 Å². The van der Waals surface area contributed by atoms with Crippen LogP contribution in [0.3, 0.4) is 0 Å². The zero-order valence-electron chi connectivity index (χ0n) is 13.0. The molecule has 1 aliphatic rings. The standard InChI is InChI=1S/C16H22N2O4/c1-12-10-16(17,14(19)21-2)8-9-18(12)15(20)22-11-13-6-4-3-5-7-13/h3-7,12H,8-11,17H2,1-2H3/t12?,16-/m1/s1. The van der Waals surface area contributed by atoms with Crippen LogP contribution in [-0.4, -0.2) is 42.2 Å². The van der Waals surface area contributed by atoms with Crippen LogP contribution in [0.1, 0.15) is 25.3 Å². The lowest BCUT2D eigenvalue weighted by atomic mass is 9.85. The average Bonchev–Trinajstić information content (AvgIpc) is 2.52. The van der Waals surface area contributed by atoms with E-state index in [0.717, 1.165) is 5.56 Å². The SMILES string of the molecule is COC(=O)[C@@]1(N)CCN(C(=O)OCc2ccccc2)C(C)C1. The molecule has 1 heterocycles. The number of hydrogen-bond donors (Lipinski definition) is 1. The molecule has 2 N–H and O–H groups in total. The molecule has 0 spiro atoms. The Morgan fingerprint density at radius 1 is 1.36 bits per heavy atom. The molecule has 2 atom stereocenters. The van der Waals surface area contributed by atoms with Gasteiger partial charge in [0.25, 0.3) is 0 Å². The van der Waals surface area contributed by atoms with E-state index < -0.39 is 11.5 Å². The van der Waals surface area contributed by atoms with Crippen LogP contribution in [0, 0.1) is 0 Å². The largest absolute Gasteiger partial charge is 0.468 e. The number of nitrogens with two attached hydrogens (primary N) is 1. The molecule has 1 aliphatic heterocycles. The quantitative estimate of drug-likeness (QED) is 0.859. The van der Waals surface area contributed by atoms with E-state index in [1.807, 2.05) is 37.3 Å². The van der Waals surface area contributed by atoms with E-state index in [0.29, 0.717) is 19.4 Å². The molecule has 0 aliphatic carbocycles. The van der Waals surface area contributed by atoms with Crippen LogP contribution in [0.15, 0.2) is 30.3 Å². The van der Waals surface area contributed by atoms with E-state index in [2.05, 4.69) is 0 Å². The lowest BCUT2D eigenvalue weighted by Gasteiger charge is -2.41. The number of amides is 1. The molecular weight excluding hydrogens is 284 g/mol. The number of nitrogens with zero attached hydrogens (tertiary/aromatic N) is 1. The highest BCUT2D eigenvalue weighted by atomic mass is 16.6. The van der Waals surface area contributed by atoms with Crippen molar-refractivity contribution >= 4 is 12.1 Å². The number of esters is 1. The minimum Gasteiger partial charge on any atom is -0.468 e. The average molecular weight is 306 g/mol. The van der Waals surface area contributed by atoms with E-state index in [1.54, 1.807) is 4.90 Å². The molecule has 1 fully saturated rings. The highest BCUT2D eigenvalue weighted by Gasteiger charge is 2.43. The van der Waals surface area contributed by atoms with E-state index in [-0.39, 0.29) is 18.7 Å². The number of likely N-dealkylation sites (tertiary alicyclic amines) is 1. The first-order chi connectivity index (χ1) is 10.5. The Hall–Kier alpha value is -2.08. The van der Waals surface area contributed by atoms with E-state index in [1.165, 1.54) is 7.11 Å². The Labute approximate surface area is 130 Å². The number of carbonyl (C=O) groups excluding carboxylic acids is 2. The van der Waals surface area contributed by atoms with Crippen LogP contribution >= 0.6 is 0 Å². The van der Waals surface area contributed by atoms with Crippen molar-refractivity contribution in [1.29, 1.82) is 0 Å². The molecule has 1 amide bonds. The van der Waals surface area contributed by atoms with Gasteiger partial charge < -0.3 is 20.1 Å². The summed E-state index contributed by atoms with van der Waals surface area (Å²) in [5, 5.41) is 0. The second-order valence-electron chi connectivity index (χ2n) is 5.68. The third-order valence-electron chi connectivity index (χ3n) is 4.02. The van der Waals surface area contributed by atoms with Crippen molar-refractivity contribution in [2.45, 2.75) is 38.0 Å². The van der Waals surface area contributed by atoms with Crippen molar-refractivity contribution < 1.29 is 19.1 Å². The Bertz CT molecular complexity index is 534. The molecule has 0 radical (unpaired) electrons. The molecular formula is C16H22N2O4. The molecule has 120 valence electrons. The molecule has 1 unspecified atom stereocenters. The fourth-order valence-corrected chi connectivity index (χ4v) is 2.74. The Morgan fingerprint density at radius 2 is 2.05 bits per heavy atom. The summed E-state index contributed by atoms with van der Waals surface area (Å²) in [6.45, 7) is 2.46. The summed E-state index contributed by atoms with van der Waals surface area (Å²) < 4.78 is 10.1. The first-order valence-corrected chi connectivity index (χ1v) is 7.31. The Morgan fingerprint density at radius 3 is 2.64 bits per heavy atom. The van der Waals surface area contributed by atoms with Crippen molar-refractivity contribution in [2.75, 3.05) is 13.7 Å². The van der Waals surface area contributed by atoms with Gasteiger partial charge in [-0.25, -0.2) is 4.79 Å². The Kier molecular flexibility index (Phi) is 5.03. The molecule has 6 nitrogen and oxygen atoms in total. The predicted molar refractivity (Wildman–Crippen MR) is 81.0 cm³/mol. The number of benzene rings is 1. The summed E-state index contributed by atoms with van der Waals surface area (Å²) in [6, 6.07) is 9.31. The van der Waals surface area contributed by atoms with Gasteiger partial charge in [-0.3, -0.25) is 4.79 Å². The predicted octanol–water partition coefficient (Wildman–Crippen LogP) is 1.68. The lowest BCUT2D eigenvalue weighted by Crippen LogP contribution is -2.60. The zero-order valence-corrected chi connectivity index (χ0v) is 13.0. The molecule has 1 aromatic rings. The lowest BCUT2D eigenvalue weighted by molar-refractivity contribution is -0.149. The van der Waals surface area contributed by atoms with Gasteiger partial charge in [0.15, 0.2) is 0 Å². The van der Waals surface area contributed by atoms with Crippen LogP contribution in [0.2, 0.25) is 0 Å². The van der Waals surface area contributed by atoms with Crippen molar-refractivity contribution in [2.24, 2.45) is 5.73 Å². The Balaban J connectivity index is 1.91. The first-order valence-electron chi connectivity index (χ1n) is 7.31. The summed E-state index contributed by atoms with van der Waals surface area (Å²) in [4.78, 5) is 25.5. The van der Waals surface area contributed by atoms with Gasteiger partial charge in [0, 0.05) is 12.6 Å². The normalized spacial score (nSPS) is 24.7. The third-order valence-corrected chi connectivity index (χ3v) is 4.02. The van der Waals surface area contributed by atoms with Crippen LogP contribution in [0.25, 0.3) is 0 Å². The van der Waals surface area contributed by atoms with E-state index >= 15 is 0 Å². The molecule has 0 bridgehead atoms. The van der Waals surface area contributed by atoms with Gasteiger partial charge in [0.05, 0.1) is 7.11 Å². The molecule has 2 rings (SSSR count). The number of piperidine rings is 1. The topological polar surface area (TPSA) is 81.9 Å². The summed E-state index contributed by atoms with van der Waals surface area (Å²) in [6.07, 6.45) is 0.341. The molecule has 6 heteroatoms. The maximum absolute atomic E-state index is 12.2. The second-order valence-corrected chi connectivity index (χ2v) is 5.68. The van der Waals surface area contributed by atoms with Crippen LogP contribution in [0.4, 0.5) is 4.79 Å². The first kappa shape index (κ1) is 16.3. The summed E-state index contributed by atoms with van der Waals surface area (Å²) in [7, 11) is 1.32. The minimum absolute atomic E-state index is 0.180. The highest BCUT2D eigenvalue weighted by Crippen LogP contribution is 2.26. The fraction of sp³-hybridized carbons (Fsp3) is 0.500. The maximum atomic E-state index is 12.2. The van der Waals surface area contributed by atoms with Crippen LogP contribution in [-0.2, 0) is 20.9 Å². The molecule has 22 heavy (non-hydrogen) atoms. The van der Waals surface area contributed by atoms with Gasteiger partial charge in [0.1, 0.15) is 12.1 Å². The van der Waals surface area contributed by atoms with Crippen molar-refractivity contribution in [1.82, 2.24) is 4.90 Å². The number of ether oxygens (including phenoxy) is 2. The minimum atomic E-state index is -1.02. The molecule has 0 saturated carbocycles. The van der Waals surface area contributed by atoms with Gasteiger partial charge in [-0.05, 0) is 25.3 Å². The highest BCUT2D eigenvalue weighted by molar-refractivity contribution is 5.81. The van der Waals surface area contributed by atoms with Crippen LogP contribution < -0.4 is 5.73 Å². The smallest absolute Gasteiger partial charge is 0.410 e. The van der Waals surface area contributed by atoms with Crippen LogP contribution in [0.5, 0.6) is 0 Å². The van der Waals surface area contributed by atoms with Crippen molar-refractivity contribution in [3.63, 3.8) is 0 Å². The summed E-state index contributed by atoms with van der Waals surface area (Å²) in [5.41, 5.74) is 5.99. The van der Waals surface area contributed by atoms with Crippen molar-refractivity contribution in [3.05, 3.63) is 35.9 Å². The van der Waals surface area contributed by atoms with Gasteiger partial charge in [-0.2, -0.15) is 0 Å². The van der Waals surface area contributed by atoms with Gasteiger partial charge >= 0.3 is 12.1 Å². The molecule has 1 aromatic carbocycles. The molecule has 0 aromatic heterocycles. The maximum Gasteiger partial charge on any atom is 0.410 e. The number of methoxy groups -OCH3 is 1. The summed E-state index contributed by atoms with van der Waals surface area (Å²) in [5.74, 6) is -0.434. The number of carbonyl (C=O) groups is 2. The zero-order chi connectivity index (χ0) is 16.2. The number of rotatable bonds is 3. The monoisotopic (exact) mass is 306 g/mol. The van der Waals surface area contributed by atoms with Crippen molar-refractivity contribution in [3.8, 4) is 0 Å². The fourth-order valence-electron chi connectivity index (χ4n) is 2.74.